The molecule has 0 saturated heterocycles. The lowest BCUT2D eigenvalue weighted by atomic mass is 9.85. The summed E-state index contributed by atoms with van der Waals surface area (Å²) >= 11 is 0. The van der Waals surface area contributed by atoms with Crippen molar-refractivity contribution in [1.29, 1.82) is 0 Å². The Kier molecular flexibility index (Phi) is 7.61. The van der Waals surface area contributed by atoms with Gasteiger partial charge in [0.15, 0.2) is 0 Å². The molecule has 1 aromatic heterocycles. The molecule has 6 nitrogen and oxygen atoms in total. The van der Waals surface area contributed by atoms with Crippen molar-refractivity contribution in [3.63, 3.8) is 0 Å². The maximum Gasteiger partial charge on any atom is 0.325 e. The number of amides is 1. The number of hydrogen-bond donors (Lipinski definition) is 3. The van der Waals surface area contributed by atoms with Crippen LogP contribution < -0.4 is 10.6 Å². The SMILES string of the molecule is CC(=Cc1c(C)c(C)c(-c2ccc(NCc3ccco3)cc2)c(C)c1C)C(=O)N[C@H](C)C(=O)O. The number of carboxylic acids is 1. The summed E-state index contributed by atoms with van der Waals surface area (Å²) in [6.45, 7) is 12.1. The molecule has 0 fully saturated rings. The van der Waals surface area contributed by atoms with Crippen molar-refractivity contribution < 1.29 is 19.1 Å². The van der Waals surface area contributed by atoms with Gasteiger partial charge in [0, 0.05) is 11.3 Å². The van der Waals surface area contributed by atoms with E-state index in [-0.39, 0.29) is 5.91 Å². The Morgan fingerprint density at radius 3 is 2.15 bits per heavy atom. The zero-order valence-electron chi connectivity index (χ0n) is 20.6. The zero-order chi connectivity index (χ0) is 25.0. The van der Waals surface area contributed by atoms with Gasteiger partial charge in [0.1, 0.15) is 11.8 Å². The van der Waals surface area contributed by atoms with E-state index in [2.05, 4.69) is 62.6 Å². The molecule has 0 aliphatic carbocycles. The van der Waals surface area contributed by atoms with E-state index in [1.807, 2.05) is 18.2 Å². The van der Waals surface area contributed by atoms with Crippen LogP contribution in [0.5, 0.6) is 0 Å². The largest absolute Gasteiger partial charge is 0.480 e. The van der Waals surface area contributed by atoms with E-state index in [1.165, 1.54) is 12.5 Å². The minimum absolute atomic E-state index is 0.384. The number of carbonyl (C=O) groups excluding carboxylic acids is 1. The van der Waals surface area contributed by atoms with Gasteiger partial charge in [0.25, 0.3) is 0 Å². The second-order valence-corrected chi connectivity index (χ2v) is 8.66. The Morgan fingerprint density at radius 2 is 1.62 bits per heavy atom. The van der Waals surface area contributed by atoms with Crippen LogP contribution in [0, 0.1) is 27.7 Å². The molecule has 1 atom stereocenters. The van der Waals surface area contributed by atoms with Crippen molar-refractivity contribution >= 4 is 23.6 Å². The number of aliphatic carboxylic acids is 1. The number of anilines is 1. The second kappa shape index (κ2) is 10.4. The summed E-state index contributed by atoms with van der Waals surface area (Å²) in [6, 6.07) is 11.2. The van der Waals surface area contributed by atoms with Crippen LogP contribution in [0.3, 0.4) is 0 Å². The van der Waals surface area contributed by atoms with Gasteiger partial charge in [0.2, 0.25) is 5.91 Å². The molecule has 6 heteroatoms. The summed E-state index contributed by atoms with van der Waals surface area (Å²) in [5.41, 5.74) is 9.28. The normalized spacial score (nSPS) is 12.4. The number of hydrogen-bond acceptors (Lipinski definition) is 4. The summed E-state index contributed by atoms with van der Waals surface area (Å²) in [7, 11) is 0. The number of furan rings is 1. The Bertz CT molecular complexity index is 1190. The highest BCUT2D eigenvalue weighted by Gasteiger charge is 2.18. The van der Waals surface area contributed by atoms with Crippen LogP contribution in [0.15, 0.2) is 52.7 Å². The van der Waals surface area contributed by atoms with Gasteiger partial charge in [-0.15, -0.1) is 0 Å². The minimum Gasteiger partial charge on any atom is -0.480 e. The number of carboxylic acid groups (broad SMARTS) is 1. The average molecular weight is 461 g/mol. The summed E-state index contributed by atoms with van der Waals surface area (Å²) in [6.07, 6.45) is 3.51. The first-order chi connectivity index (χ1) is 16.1. The smallest absolute Gasteiger partial charge is 0.325 e. The number of benzene rings is 2. The first-order valence-corrected chi connectivity index (χ1v) is 11.3. The molecule has 34 heavy (non-hydrogen) atoms. The van der Waals surface area contributed by atoms with E-state index in [9.17, 15) is 9.59 Å². The maximum atomic E-state index is 12.4. The summed E-state index contributed by atoms with van der Waals surface area (Å²) < 4.78 is 5.37. The lowest BCUT2D eigenvalue weighted by molar-refractivity contribution is -0.140. The Balaban J connectivity index is 1.88. The minimum atomic E-state index is -1.06. The fraction of sp³-hybridized carbons (Fsp3) is 0.286. The lowest BCUT2D eigenvalue weighted by Gasteiger charge is -2.20. The molecule has 178 valence electrons. The monoisotopic (exact) mass is 460 g/mol. The Morgan fingerprint density at radius 1 is 1.00 bits per heavy atom. The Labute approximate surface area is 200 Å². The van der Waals surface area contributed by atoms with E-state index in [0.29, 0.717) is 12.1 Å². The van der Waals surface area contributed by atoms with Gasteiger partial charge >= 0.3 is 5.97 Å². The van der Waals surface area contributed by atoms with Crippen molar-refractivity contribution in [2.75, 3.05) is 5.32 Å². The highest BCUT2D eigenvalue weighted by atomic mass is 16.4. The zero-order valence-corrected chi connectivity index (χ0v) is 20.6. The molecule has 3 aromatic rings. The third-order valence-electron chi connectivity index (χ3n) is 6.34. The molecule has 0 spiro atoms. The molecule has 0 radical (unpaired) electrons. The van der Waals surface area contributed by atoms with Crippen LogP contribution in [-0.4, -0.2) is 23.0 Å². The van der Waals surface area contributed by atoms with Gasteiger partial charge in [0.05, 0.1) is 12.8 Å². The highest BCUT2D eigenvalue weighted by Crippen LogP contribution is 2.35. The van der Waals surface area contributed by atoms with Crippen molar-refractivity contribution in [1.82, 2.24) is 5.32 Å². The molecule has 3 N–H and O–H groups in total. The van der Waals surface area contributed by atoms with Crippen LogP contribution in [-0.2, 0) is 16.1 Å². The second-order valence-electron chi connectivity index (χ2n) is 8.66. The third-order valence-corrected chi connectivity index (χ3v) is 6.34. The molecule has 2 aromatic carbocycles. The molecule has 0 bridgehead atoms. The third kappa shape index (κ3) is 5.39. The lowest BCUT2D eigenvalue weighted by Crippen LogP contribution is -2.38. The van der Waals surface area contributed by atoms with E-state index >= 15 is 0 Å². The molecule has 3 rings (SSSR count). The molecule has 1 amide bonds. The van der Waals surface area contributed by atoms with E-state index in [1.54, 1.807) is 13.2 Å². The standard InChI is InChI=1S/C28H32N2O4/c1-16(27(31)30-21(6)28(32)33)14-25-17(2)19(4)26(20(5)18(25)3)22-9-11-23(12-10-22)29-15-24-8-7-13-34-24/h7-14,21,29H,15H2,1-6H3,(H,30,31)(H,32,33)/t21-/m1/s1. The van der Waals surface area contributed by atoms with Gasteiger partial charge in [-0.1, -0.05) is 12.1 Å². The van der Waals surface area contributed by atoms with E-state index in [0.717, 1.165) is 44.8 Å². The van der Waals surface area contributed by atoms with Crippen molar-refractivity contribution in [3.05, 3.63) is 81.8 Å². The predicted octanol–water partition coefficient (Wildman–Crippen LogP) is 5.78. The quantitative estimate of drug-likeness (QED) is 0.370. The fourth-order valence-electron chi connectivity index (χ4n) is 4.00. The molecular formula is C28H32N2O4. The number of carbonyl (C=O) groups is 2. The van der Waals surface area contributed by atoms with Crippen LogP contribution in [0.25, 0.3) is 17.2 Å². The van der Waals surface area contributed by atoms with Crippen LogP contribution in [0.2, 0.25) is 0 Å². The van der Waals surface area contributed by atoms with Gasteiger partial charge in [-0.25, -0.2) is 0 Å². The van der Waals surface area contributed by atoms with Gasteiger partial charge in [-0.05, 0) is 111 Å². The van der Waals surface area contributed by atoms with Crippen molar-refractivity contribution in [2.24, 2.45) is 0 Å². The first kappa shape index (κ1) is 24.8. The molecule has 0 aliphatic rings. The Hall–Kier alpha value is -3.80. The fourth-order valence-corrected chi connectivity index (χ4v) is 4.00. The van der Waals surface area contributed by atoms with Crippen LogP contribution >= 0.6 is 0 Å². The number of rotatable bonds is 8. The van der Waals surface area contributed by atoms with E-state index in [4.69, 9.17) is 9.52 Å². The van der Waals surface area contributed by atoms with Crippen molar-refractivity contribution in [3.8, 4) is 11.1 Å². The summed E-state index contributed by atoms with van der Waals surface area (Å²) in [4.78, 5) is 23.5. The number of nitrogens with one attached hydrogen (secondary N) is 2. The van der Waals surface area contributed by atoms with Gasteiger partial charge in [-0.2, -0.15) is 0 Å². The topological polar surface area (TPSA) is 91.6 Å². The highest BCUT2D eigenvalue weighted by molar-refractivity contribution is 5.99. The van der Waals surface area contributed by atoms with Gasteiger partial charge in [-0.3, -0.25) is 9.59 Å². The summed E-state index contributed by atoms with van der Waals surface area (Å²) in [5.74, 6) is -0.565. The van der Waals surface area contributed by atoms with Crippen LogP contribution in [0.4, 0.5) is 5.69 Å². The molecule has 0 unspecified atom stereocenters. The average Bonchev–Trinajstić information content (AvgIpc) is 3.33. The van der Waals surface area contributed by atoms with Gasteiger partial charge < -0.3 is 20.2 Å². The molecule has 0 saturated carbocycles. The molecular weight excluding hydrogens is 428 g/mol. The maximum absolute atomic E-state index is 12.4. The van der Waals surface area contributed by atoms with Crippen LogP contribution in [0.1, 0.15) is 47.4 Å². The van der Waals surface area contributed by atoms with Crippen molar-refractivity contribution in [2.45, 2.75) is 54.1 Å². The molecule has 1 heterocycles. The van der Waals surface area contributed by atoms with E-state index < -0.39 is 12.0 Å². The summed E-state index contributed by atoms with van der Waals surface area (Å²) in [5, 5.41) is 14.9. The molecule has 0 aliphatic heterocycles. The first-order valence-electron chi connectivity index (χ1n) is 11.3. The predicted molar refractivity (Wildman–Crippen MR) is 136 cm³/mol.